The van der Waals surface area contributed by atoms with Crippen LogP contribution in [0.25, 0.3) is 11.3 Å². The van der Waals surface area contributed by atoms with Gasteiger partial charge in [0.2, 0.25) is 0 Å². The molecule has 182 valence electrons. The lowest BCUT2D eigenvalue weighted by Crippen LogP contribution is -2.25. The van der Waals surface area contributed by atoms with Crippen molar-refractivity contribution in [2.45, 2.75) is 32.1 Å². The van der Waals surface area contributed by atoms with Crippen LogP contribution in [0, 0.1) is 0 Å². The Kier molecular flexibility index (Phi) is 7.62. The zero-order valence-corrected chi connectivity index (χ0v) is 20.7. The number of halogens is 3. The molecule has 0 saturated carbocycles. The van der Waals surface area contributed by atoms with E-state index in [1.165, 1.54) is 28.4 Å². The van der Waals surface area contributed by atoms with Gasteiger partial charge in [0.1, 0.15) is 0 Å². The first-order valence-electron chi connectivity index (χ1n) is 10.1. The van der Waals surface area contributed by atoms with Gasteiger partial charge < -0.3 is 14.5 Å². The van der Waals surface area contributed by atoms with E-state index in [1.54, 1.807) is 30.5 Å². The molecule has 0 radical (unpaired) electrons. The molecule has 1 aromatic heterocycles. The molecule has 0 bridgehead atoms. The average molecular weight is 559 g/mol. The molecule has 0 aliphatic rings. The molecule has 0 amide bonds. The summed E-state index contributed by atoms with van der Waals surface area (Å²) < 4.78 is 47.0. The molecule has 34 heavy (non-hydrogen) atoms. The smallest absolute Gasteiger partial charge is 0.399 e. The van der Waals surface area contributed by atoms with E-state index in [2.05, 4.69) is 15.9 Å². The molecule has 0 spiro atoms. The van der Waals surface area contributed by atoms with Crippen molar-refractivity contribution in [1.82, 2.24) is 9.13 Å². The Morgan fingerprint density at radius 3 is 2.35 bits per heavy atom. The first-order valence-corrected chi connectivity index (χ1v) is 12.5. The van der Waals surface area contributed by atoms with Gasteiger partial charge in [0.15, 0.2) is 0 Å². The summed E-state index contributed by atoms with van der Waals surface area (Å²) in [5.41, 5.74) is -3.51. The number of hydrogen-bond acceptors (Lipinski definition) is 4. The summed E-state index contributed by atoms with van der Waals surface area (Å²) in [5.74, 6) is -0.496. The third-order valence-electron chi connectivity index (χ3n) is 5.18. The van der Waals surface area contributed by atoms with E-state index in [9.17, 15) is 22.9 Å². The Bertz CT molecular complexity index is 1310. The predicted octanol–water partition coefficient (Wildman–Crippen LogP) is 4.55. The van der Waals surface area contributed by atoms with Crippen molar-refractivity contribution in [3.8, 4) is 11.3 Å². The number of carbonyl (C=O) groups excluding carboxylic acids is 1. The van der Waals surface area contributed by atoms with E-state index in [4.69, 9.17) is 14.5 Å². The second-order valence-corrected chi connectivity index (χ2v) is 10.0. The van der Waals surface area contributed by atoms with Gasteiger partial charge in [-0.25, -0.2) is 9.59 Å². The minimum atomic E-state index is -5.73. The monoisotopic (exact) mass is 558 g/mol. The molecule has 3 rings (SSSR count). The second kappa shape index (κ2) is 9.95. The minimum absolute atomic E-state index is 0.0179. The van der Waals surface area contributed by atoms with Gasteiger partial charge >= 0.3 is 24.9 Å². The summed E-state index contributed by atoms with van der Waals surface area (Å²) in [6, 6.07) is 10.0. The molecular formula is C22H22BrF2N2O6P. The molecule has 8 nitrogen and oxygen atoms in total. The highest BCUT2D eigenvalue weighted by Crippen LogP contribution is 2.60. The number of nitrogens with zero attached hydrogens (tertiary/aromatic N) is 2. The van der Waals surface area contributed by atoms with Crippen molar-refractivity contribution in [2.75, 3.05) is 7.11 Å². The van der Waals surface area contributed by atoms with E-state index in [-0.39, 0.29) is 16.7 Å². The average Bonchev–Trinajstić information content (AvgIpc) is 3.08. The van der Waals surface area contributed by atoms with E-state index >= 15 is 0 Å². The van der Waals surface area contributed by atoms with Crippen LogP contribution in [-0.4, -0.2) is 32.0 Å². The Hall–Kier alpha value is -2.59. The van der Waals surface area contributed by atoms with Gasteiger partial charge in [-0.05, 0) is 35.7 Å². The number of carbonyl (C=O) groups is 1. The fourth-order valence-electron chi connectivity index (χ4n) is 3.45. The van der Waals surface area contributed by atoms with Crippen molar-refractivity contribution in [2.24, 2.45) is 0 Å². The summed E-state index contributed by atoms with van der Waals surface area (Å²) >= 11 is 2.97. The van der Waals surface area contributed by atoms with Crippen LogP contribution in [-0.2, 0) is 28.1 Å². The van der Waals surface area contributed by atoms with Crippen molar-refractivity contribution in [3.63, 3.8) is 0 Å². The molecular weight excluding hydrogens is 537 g/mol. The van der Waals surface area contributed by atoms with Crippen molar-refractivity contribution in [1.29, 1.82) is 0 Å². The van der Waals surface area contributed by atoms with E-state index < -0.39 is 24.8 Å². The highest BCUT2D eigenvalue weighted by Gasteiger charge is 2.51. The number of hydrogen-bond donors (Lipinski definition) is 2. The number of rotatable bonds is 8. The molecule has 0 fully saturated rings. The fraction of sp³-hybridized carbons (Fsp3) is 0.273. The number of benzene rings is 2. The van der Waals surface area contributed by atoms with Crippen LogP contribution >= 0.6 is 23.5 Å². The zero-order valence-electron chi connectivity index (χ0n) is 18.2. The molecule has 1 heterocycles. The lowest BCUT2D eigenvalue weighted by Gasteiger charge is -2.19. The molecule has 12 heteroatoms. The van der Waals surface area contributed by atoms with Gasteiger partial charge in [-0.3, -0.25) is 13.7 Å². The minimum Gasteiger partial charge on any atom is -0.465 e. The molecule has 2 N–H and O–H groups in total. The predicted molar refractivity (Wildman–Crippen MR) is 125 cm³/mol. The van der Waals surface area contributed by atoms with Crippen molar-refractivity contribution < 1.29 is 32.7 Å². The standard InChI is InChI=1S/C22H22BrF2N2O6P/c1-3-10-26-13-19(15-5-7-16(8-6-15)20(28)33-2)27(21(26)29)12-14-4-9-17(18(23)11-14)22(24,25)34(30,31)32/h4-9,11,13H,3,10,12H2,1-2H3,(H2,30,31,32). The molecule has 0 unspecified atom stereocenters. The van der Waals surface area contributed by atoms with E-state index in [0.717, 1.165) is 6.07 Å². The molecule has 0 saturated heterocycles. The van der Waals surface area contributed by atoms with Crippen LogP contribution in [0.5, 0.6) is 0 Å². The number of aryl methyl sites for hydroxylation is 1. The first-order chi connectivity index (χ1) is 15.9. The Labute approximate surface area is 202 Å². The maximum Gasteiger partial charge on any atom is 0.399 e. The molecule has 0 atom stereocenters. The molecule has 0 aliphatic carbocycles. The number of esters is 1. The van der Waals surface area contributed by atoms with Gasteiger partial charge in [-0.2, -0.15) is 8.78 Å². The maximum absolute atomic E-state index is 14.2. The summed E-state index contributed by atoms with van der Waals surface area (Å²) in [6.07, 6.45) is 2.40. The highest BCUT2D eigenvalue weighted by atomic mass is 79.9. The van der Waals surface area contributed by atoms with Crippen molar-refractivity contribution in [3.05, 3.63) is 80.3 Å². The SMILES string of the molecule is CCCn1cc(-c2ccc(C(=O)OC)cc2)n(Cc2ccc(C(F)(F)P(=O)(O)O)c(Br)c2)c1=O. The fourth-order valence-corrected chi connectivity index (χ4v) is 4.79. The van der Waals surface area contributed by atoms with E-state index in [1.807, 2.05) is 6.92 Å². The van der Waals surface area contributed by atoms with Gasteiger partial charge in [-0.15, -0.1) is 0 Å². The van der Waals surface area contributed by atoms with Crippen molar-refractivity contribution >= 4 is 29.5 Å². The Morgan fingerprint density at radius 2 is 1.82 bits per heavy atom. The number of methoxy groups -OCH3 is 1. The molecule has 3 aromatic rings. The third-order valence-corrected chi connectivity index (χ3v) is 6.80. The molecule has 2 aromatic carbocycles. The topological polar surface area (TPSA) is 111 Å². The summed E-state index contributed by atoms with van der Waals surface area (Å²) in [4.78, 5) is 42.8. The largest absolute Gasteiger partial charge is 0.465 e. The van der Waals surface area contributed by atoms with Crippen LogP contribution < -0.4 is 5.69 Å². The number of alkyl halides is 2. The van der Waals surface area contributed by atoms with E-state index in [0.29, 0.717) is 35.3 Å². The van der Waals surface area contributed by atoms with Crippen LogP contribution in [0.4, 0.5) is 8.78 Å². The lowest BCUT2D eigenvalue weighted by molar-refractivity contribution is 0.0557. The van der Waals surface area contributed by atoms with Gasteiger partial charge in [0.25, 0.3) is 0 Å². The number of imidazole rings is 1. The summed E-state index contributed by atoms with van der Waals surface area (Å²) in [5, 5.41) is 0. The highest BCUT2D eigenvalue weighted by molar-refractivity contribution is 9.10. The quantitative estimate of drug-likeness (QED) is 0.310. The maximum atomic E-state index is 14.2. The Balaban J connectivity index is 2.03. The number of aromatic nitrogens is 2. The third kappa shape index (κ3) is 5.07. The van der Waals surface area contributed by atoms with Gasteiger partial charge in [0.05, 0.1) is 24.9 Å². The second-order valence-electron chi connectivity index (χ2n) is 7.54. The zero-order chi connectivity index (χ0) is 25.3. The van der Waals surface area contributed by atoms with Crippen LogP contribution in [0.1, 0.15) is 34.8 Å². The number of ether oxygens (including phenoxy) is 1. The van der Waals surface area contributed by atoms with Crippen LogP contribution in [0.15, 0.2) is 57.9 Å². The molecule has 0 aliphatic heterocycles. The van der Waals surface area contributed by atoms with Crippen LogP contribution in [0.2, 0.25) is 0 Å². The van der Waals surface area contributed by atoms with Crippen LogP contribution in [0.3, 0.4) is 0 Å². The normalized spacial score (nSPS) is 12.1. The summed E-state index contributed by atoms with van der Waals surface area (Å²) in [7, 11) is -4.45. The summed E-state index contributed by atoms with van der Waals surface area (Å²) in [6.45, 7) is 2.41. The lowest BCUT2D eigenvalue weighted by atomic mass is 10.1. The first kappa shape index (κ1) is 26.0. The Morgan fingerprint density at radius 1 is 1.18 bits per heavy atom. The van der Waals surface area contributed by atoms with Gasteiger partial charge in [-0.1, -0.05) is 47.1 Å². The van der Waals surface area contributed by atoms with Gasteiger partial charge in [0, 0.05) is 22.8 Å².